The van der Waals surface area contributed by atoms with Crippen molar-refractivity contribution < 1.29 is 28.9 Å². The van der Waals surface area contributed by atoms with Crippen LogP contribution in [0.2, 0.25) is 0 Å². The van der Waals surface area contributed by atoms with Crippen LogP contribution in [-0.2, 0) is 27.4 Å². The monoisotopic (exact) mass is 843 g/mol. The molecule has 0 radical (unpaired) electrons. The second kappa shape index (κ2) is 20.1. The molecule has 2 aliphatic heterocycles. The van der Waals surface area contributed by atoms with Crippen LogP contribution in [-0.4, -0.2) is 71.8 Å². The quantitative estimate of drug-likeness (QED) is 0.149. The van der Waals surface area contributed by atoms with Gasteiger partial charge in [-0.3, -0.25) is 19.4 Å². The molecule has 6 aliphatic rings. The Balaban J connectivity index is 0.000000158. The van der Waals surface area contributed by atoms with Gasteiger partial charge in [0.2, 0.25) is 0 Å². The standard InChI is InChI=1S/C28H37NO3.C26H33NO3/c1-2-31-28(30)22-12-14-29(15-13-22)19-20-6-7-25-18-27(11-9-24(25)16-20)32-26-10-8-21-4-3-5-23(21)17-26;28-26(29)20-10-12-27(13-11-20)17-18-4-5-23-16-25(9-7-22(23)14-18)30-24-8-6-19-2-1-3-21(19)15-24/h6-7,9,11,16,18,21-23,26H,2-5,8,10,12-15,17,19H2,1H3;4-5,7,9,14,16,19-21,24H,1-3,6,8,10-13,15,17H2,(H,28,29). The molecule has 8 heteroatoms. The van der Waals surface area contributed by atoms with Gasteiger partial charge in [0, 0.05) is 13.1 Å². The lowest BCUT2D eigenvalue weighted by Crippen LogP contribution is -2.36. The molecule has 4 aromatic rings. The average molecular weight is 843 g/mol. The lowest BCUT2D eigenvalue weighted by Gasteiger charge is -2.32. The number of fused-ring (bicyclic) bond motifs is 4. The first-order valence-corrected chi connectivity index (χ1v) is 24.5. The van der Waals surface area contributed by atoms with Gasteiger partial charge in [0.25, 0.3) is 0 Å². The zero-order valence-corrected chi connectivity index (χ0v) is 37.2. The molecule has 332 valence electrons. The number of ether oxygens (including phenoxy) is 3. The second-order valence-electron chi connectivity index (χ2n) is 19.9. The highest BCUT2D eigenvalue weighted by molar-refractivity contribution is 5.85. The smallest absolute Gasteiger partial charge is 0.309 e. The van der Waals surface area contributed by atoms with Gasteiger partial charge in [0.05, 0.1) is 30.7 Å². The van der Waals surface area contributed by atoms with Gasteiger partial charge >= 0.3 is 11.9 Å². The number of aliphatic carboxylic acids is 1. The summed E-state index contributed by atoms with van der Waals surface area (Å²) in [5.41, 5.74) is 2.63. The highest BCUT2D eigenvalue weighted by Crippen LogP contribution is 2.44. The molecule has 6 unspecified atom stereocenters. The third-order valence-corrected chi connectivity index (χ3v) is 15.8. The van der Waals surface area contributed by atoms with Gasteiger partial charge in [0.15, 0.2) is 0 Å². The molecule has 1 N–H and O–H groups in total. The van der Waals surface area contributed by atoms with E-state index < -0.39 is 5.97 Å². The maximum absolute atomic E-state index is 12.0. The summed E-state index contributed by atoms with van der Waals surface area (Å²) in [5, 5.41) is 14.2. The summed E-state index contributed by atoms with van der Waals surface area (Å²) in [4.78, 5) is 27.9. The molecule has 10 rings (SSSR count). The zero-order chi connectivity index (χ0) is 42.4. The maximum atomic E-state index is 12.0. The largest absolute Gasteiger partial charge is 0.490 e. The summed E-state index contributed by atoms with van der Waals surface area (Å²) in [5.74, 6) is 5.01. The fourth-order valence-corrected chi connectivity index (χ4v) is 12.2. The van der Waals surface area contributed by atoms with Crippen LogP contribution in [0.4, 0.5) is 0 Å². The molecule has 2 heterocycles. The van der Waals surface area contributed by atoms with Crippen LogP contribution in [0.5, 0.6) is 11.5 Å². The molecule has 2 saturated heterocycles. The topological polar surface area (TPSA) is 88.5 Å². The third kappa shape index (κ3) is 10.8. The molecule has 4 saturated carbocycles. The van der Waals surface area contributed by atoms with Crippen molar-refractivity contribution in [1.29, 1.82) is 0 Å². The number of hydrogen-bond donors (Lipinski definition) is 1. The van der Waals surface area contributed by atoms with E-state index >= 15 is 0 Å². The van der Waals surface area contributed by atoms with Crippen molar-refractivity contribution in [2.75, 3.05) is 32.8 Å². The van der Waals surface area contributed by atoms with Crippen LogP contribution in [0.1, 0.15) is 121 Å². The minimum absolute atomic E-state index is 0.0211. The number of carbonyl (C=O) groups excluding carboxylic acids is 1. The van der Waals surface area contributed by atoms with E-state index in [2.05, 4.69) is 82.6 Å². The van der Waals surface area contributed by atoms with Crippen molar-refractivity contribution >= 4 is 33.5 Å². The number of nitrogens with zero attached hydrogens (tertiary/aromatic N) is 2. The predicted octanol–water partition coefficient (Wildman–Crippen LogP) is 11.4. The van der Waals surface area contributed by atoms with Crippen LogP contribution < -0.4 is 9.47 Å². The van der Waals surface area contributed by atoms with Crippen LogP contribution in [0.25, 0.3) is 21.5 Å². The van der Waals surface area contributed by atoms with E-state index in [1.54, 1.807) is 0 Å². The highest BCUT2D eigenvalue weighted by atomic mass is 16.5. The number of likely N-dealkylation sites (tertiary alicyclic amines) is 2. The van der Waals surface area contributed by atoms with Crippen molar-refractivity contribution in [3.63, 3.8) is 0 Å². The number of carboxylic acids is 1. The molecule has 8 nitrogen and oxygen atoms in total. The number of carboxylic acid groups (broad SMARTS) is 1. The Morgan fingerprint density at radius 3 is 1.44 bits per heavy atom. The fourth-order valence-electron chi connectivity index (χ4n) is 12.2. The van der Waals surface area contributed by atoms with Crippen LogP contribution >= 0.6 is 0 Å². The molecule has 0 spiro atoms. The first-order chi connectivity index (χ1) is 30.3. The molecule has 0 aromatic heterocycles. The third-order valence-electron chi connectivity index (χ3n) is 15.8. The summed E-state index contributed by atoms with van der Waals surface area (Å²) < 4.78 is 18.0. The van der Waals surface area contributed by atoms with Crippen LogP contribution in [0.15, 0.2) is 72.8 Å². The summed E-state index contributed by atoms with van der Waals surface area (Å²) in [6, 6.07) is 26.5. The summed E-state index contributed by atoms with van der Waals surface area (Å²) in [7, 11) is 0. The van der Waals surface area contributed by atoms with Crippen LogP contribution in [0, 0.1) is 35.5 Å². The predicted molar refractivity (Wildman–Crippen MR) is 246 cm³/mol. The minimum atomic E-state index is -0.644. The molecule has 0 bridgehead atoms. The van der Waals surface area contributed by atoms with Gasteiger partial charge in [-0.05, 0) is 190 Å². The SMILES string of the molecule is CCOC(=O)C1CCN(Cc2ccc3cc(OC4CCC5CCCC5C4)ccc3c2)CC1.O=C(O)C1CCN(Cc2ccc3cc(OC4CCC5CCCC5C4)ccc3c2)CC1. The molecule has 6 fully saturated rings. The van der Waals surface area contributed by atoms with Gasteiger partial charge in [-0.2, -0.15) is 0 Å². The van der Waals surface area contributed by atoms with E-state index in [-0.39, 0.29) is 17.8 Å². The van der Waals surface area contributed by atoms with Gasteiger partial charge in [-0.25, -0.2) is 0 Å². The van der Waals surface area contributed by atoms with Crippen LogP contribution in [0.3, 0.4) is 0 Å². The van der Waals surface area contributed by atoms with Gasteiger partial charge in [-0.1, -0.05) is 74.9 Å². The Labute approximate surface area is 369 Å². The number of carbonyl (C=O) groups is 2. The van der Waals surface area contributed by atoms with Gasteiger partial charge in [-0.15, -0.1) is 0 Å². The molecular weight excluding hydrogens is 773 g/mol. The minimum Gasteiger partial charge on any atom is -0.490 e. The fraction of sp³-hybridized carbons (Fsp3) is 0.593. The number of rotatable bonds is 11. The molecule has 0 amide bonds. The van der Waals surface area contributed by atoms with Crippen molar-refractivity contribution in [3.05, 3.63) is 83.9 Å². The highest BCUT2D eigenvalue weighted by Gasteiger charge is 2.36. The molecule has 62 heavy (non-hydrogen) atoms. The molecule has 4 aromatic carbocycles. The van der Waals surface area contributed by atoms with Crippen molar-refractivity contribution in [3.8, 4) is 11.5 Å². The zero-order valence-electron chi connectivity index (χ0n) is 37.2. The molecule has 6 atom stereocenters. The van der Waals surface area contributed by atoms with E-state index in [1.807, 2.05) is 6.92 Å². The lowest BCUT2D eigenvalue weighted by molar-refractivity contribution is -0.149. The first-order valence-electron chi connectivity index (χ1n) is 24.5. The number of piperidine rings is 2. The van der Waals surface area contributed by atoms with E-state index in [9.17, 15) is 9.59 Å². The summed E-state index contributed by atoms with van der Waals surface area (Å²) >= 11 is 0. The van der Waals surface area contributed by atoms with Crippen molar-refractivity contribution in [1.82, 2.24) is 9.80 Å². The first kappa shape index (κ1) is 43.1. The van der Waals surface area contributed by atoms with E-state index in [4.69, 9.17) is 19.3 Å². The molecular formula is C54H70N2O6. The normalized spacial score (nSPS) is 27.2. The maximum Gasteiger partial charge on any atom is 0.309 e. The van der Waals surface area contributed by atoms with E-state index in [0.29, 0.717) is 18.8 Å². The second-order valence-corrected chi connectivity index (χ2v) is 19.9. The van der Waals surface area contributed by atoms with Crippen molar-refractivity contribution in [2.24, 2.45) is 35.5 Å². The Kier molecular flexibility index (Phi) is 14.0. The van der Waals surface area contributed by atoms with Gasteiger partial charge < -0.3 is 19.3 Å². The summed E-state index contributed by atoms with van der Waals surface area (Å²) in [6.45, 7) is 7.83. The lowest BCUT2D eigenvalue weighted by atomic mass is 9.80. The van der Waals surface area contributed by atoms with E-state index in [1.165, 1.54) is 110 Å². The number of benzene rings is 4. The Morgan fingerprint density at radius 1 is 0.532 bits per heavy atom. The average Bonchev–Trinajstić information content (AvgIpc) is 3.97. The Bertz CT molecular complexity index is 2140. The Hall–Kier alpha value is -4.14. The Morgan fingerprint density at radius 2 is 0.968 bits per heavy atom. The molecule has 4 aliphatic carbocycles. The van der Waals surface area contributed by atoms with Crippen molar-refractivity contribution in [2.45, 2.75) is 135 Å². The van der Waals surface area contributed by atoms with E-state index in [0.717, 1.165) is 100 Å². The number of hydrogen-bond acceptors (Lipinski definition) is 7. The van der Waals surface area contributed by atoms with Gasteiger partial charge in [0.1, 0.15) is 11.5 Å². The number of esters is 1. The summed E-state index contributed by atoms with van der Waals surface area (Å²) in [6.07, 6.45) is 20.2.